The summed E-state index contributed by atoms with van der Waals surface area (Å²) < 4.78 is 6.65. The summed E-state index contributed by atoms with van der Waals surface area (Å²) in [6.45, 7) is 5.58. The van der Waals surface area contributed by atoms with E-state index in [4.69, 9.17) is 4.74 Å². The molecule has 0 aliphatic heterocycles. The lowest BCUT2D eigenvalue weighted by Crippen LogP contribution is -2.36. The van der Waals surface area contributed by atoms with E-state index < -0.39 is 5.54 Å². The van der Waals surface area contributed by atoms with Crippen LogP contribution in [0.2, 0.25) is 0 Å². The monoisotopic (exact) mass is 233 g/mol. The Hall–Kier alpha value is -1.91. The summed E-state index contributed by atoms with van der Waals surface area (Å²) >= 11 is 0. The number of rotatable bonds is 2. The smallest absolute Gasteiger partial charge is 0.331 e. The van der Waals surface area contributed by atoms with Crippen molar-refractivity contribution in [2.45, 2.75) is 26.3 Å². The van der Waals surface area contributed by atoms with Crippen LogP contribution in [0.1, 0.15) is 19.4 Å². The minimum absolute atomic E-state index is 0.298. The summed E-state index contributed by atoms with van der Waals surface area (Å²) in [4.78, 5) is 20.0. The maximum absolute atomic E-state index is 11.8. The third-order valence-corrected chi connectivity index (χ3v) is 2.95. The predicted octanol–water partition coefficient (Wildman–Crippen LogP) is 1.65. The van der Waals surface area contributed by atoms with Crippen LogP contribution in [0.4, 0.5) is 0 Å². The third kappa shape index (κ3) is 1.67. The molecule has 0 radical (unpaired) electrons. The summed E-state index contributed by atoms with van der Waals surface area (Å²) in [5, 5.41) is 0.949. The molecule has 0 N–H and O–H groups in total. The average Bonchev–Trinajstić information content (AvgIpc) is 2.67. The summed E-state index contributed by atoms with van der Waals surface area (Å²) in [5.41, 5.74) is 1.00. The number of carbonyl (C=O) groups excluding carboxylic acids is 1. The highest BCUT2D eigenvalue weighted by Crippen LogP contribution is 2.26. The molecule has 5 nitrogen and oxygen atoms in total. The Morgan fingerprint density at radius 3 is 2.82 bits per heavy atom. The summed E-state index contributed by atoms with van der Waals surface area (Å²) in [5.74, 6) is -0.298. The quantitative estimate of drug-likeness (QED) is 0.740. The highest BCUT2D eigenvalue weighted by atomic mass is 16.5. The van der Waals surface area contributed by atoms with Crippen LogP contribution < -0.4 is 0 Å². The molecule has 5 heteroatoms. The molecule has 0 saturated heterocycles. The van der Waals surface area contributed by atoms with Crippen LogP contribution in [0.3, 0.4) is 0 Å². The van der Waals surface area contributed by atoms with Gasteiger partial charge in [-0.2, -0.15) is 0 Å². The predicted molar refractivity (Wildman–Crippen MR) is 63.6 cm³/mol. The van der Waals surface area contributed by atoms with E-state index in [2.05, 4.69) is 9.97 Å². The number of hydrogen-bond donors (Lipinski definition) is 0. The summed E-state index contributed by atoms with van der Waals surface area (Å²) in [6.07, 6.45) is 5.13. The first-order valence-corrected chi connectivity index (χ1v) is 5.35. The fourth-order valence-electron chi connectivity index (χ4n) is 1.89. The Bertz CT molecular complexity index is 572. The SMILES string of the molecule is COC(=O)C(C)(C)n1cc(C)c2cncnc21. The van der Waals surface area contributed by atoms with Gasteiger partial charge in [0, 0.05) is 17.8 Å². The highest BCUT2D eigenvalue weighted by molar-refractivity contribution is 5.84. The topological polar surface area (TPSA) is 57.0 Å². The standard InChI is InChI=1S/C12H15N3O2/c1-8-6-15(12(2,3)11(16)17-4)10-9(8)5-13-7-14-10/h5-7H,1-4H3. The van der Waals surface area contributed by atoms with Gasteiger partial charge in [0.05, 0.1) is 7.11 Å². The number of aromatic nitrogens is 3. The number of hydrogen-bond acceptors (Lipinski definition) is 4. The second-order valence-electron chi connectivity index (χ2n) is 4.49. The molecule has 0 aliphatic carbocycles. The lowest BCUT2D eigenvalue weighted by Gasteiger charge is -2.24. The van der Waals surface area contributed by atoms with Crippen molar-refractivity contribution in [1.29, 1.82) is 0 Å². The molecule has 0 aliphatic rings. The van der Waals surface area contributed by atoms with E-state index in [0.29, 0.717) is 0 Å². The van der Waals surface area contributed by atoms with Gasteiger partial charge in [0.15, 0.2) is 0 Å². The van der Waals surface area contributed by atoms with Gasteiger partial charge >= 0.3 is 5.97 Å². The zero-order chi connectivity index (χ0) is 12.6. The Morgan fingerprint density at radius 2 is 2.18 bits per heavy atom. The van der Waals surface area contributed by atoms with E-state index in [9.17, 15) is 4.79 Å². The first-order valence-electron chi connectivity index (χ1n) is 5.35. The lowest BCUT2D eigenvalue weighted by atomic mass is 10.1. The fourth-order valence-corrected chi connectivity index (χ4v) is 1.89. The Morgan fingerprint density at radius 1 is 1.47 bits per heavy atom. The van der Waals surface area contributed by atoms with Gasteiger partial charge in [0.2, 0.25) is 0 Å². The van der Waals surface area contributed by atoms with Crippen LogP contribution in [-0.4, -0.2) is 27.6 Å². The van der Waals surface area contributed by atoms with Gasteiger partial charge in [-0.3, -0.25) is 0 Å². The fraction of sp³-hybridized carbons (Fsp3) is 0.417. The minimum atomic E-state index is -0.782. The van der Waals surface area contributed by atoms with E-state index in [0.717, 1.165) is 16.6 Å². The molecule has 90 valence electrons. The number of esters is 1. The molecule has 0 unspecified atom stereocenters. The lowest BCUT2D eigenvalue weighted by molar-refractivity contribution is -0.149. The zero-order valence-corrected chi connectivity index (χ0v) is 10.4. The van der Waals surface area contributed by atoms with Crippen LogP contribution >= 0.6 is 0 Å². The minimum Gasteiger partial charge on any atom is -0.467 e. The van der Waals surface area contributed by atoms with Crippen molar-refractivity contribution in [1.82, 2.24) is 14.5 Å². The number of aryl methyl sites for hydroxylation is 1. The Balaban J connectivity index is 2.68. The van der Waals surface area contributed by atoms with E-state index in [1.54, 1.807) is 20.0 Å². The molecule has 0 atom stereocenters. The number of ether oxygens (including phenoxy) is 1. The van der Waals surface area contributed by atoms with E-state index >= 15 is 0 Å². The molecule has 0 fully saturated rings. The highest BCUT2D eigenvalue weighted by Gasteiger charge is 2.32. The van der Waals surface area contributed by atoms with Crippen molar-refractivity contribution in [3.05, 3.63) is 24.3 Å². The molecule has 0 bridgehead atoms. The number of fused-ring (bicyclic) bond motifs is 1. The van der Waals surface area contributed by atoms with Crippen molar-refractivity contribution in [3.8, 4) is 0 Å². The molecule has 0 saturated carbocycles. The number of nitrogens with zero attached hydrogens (tertiary/aromatic N) is 3. The van der Waals surface area contributed by atoms with Crippen molar-refractivity contribution in [3.63, 3.8) is 0 Å². The van der Waals surface area contributed by atoms with Crippen molar-refractivity contribution in [2.75, 3.05) is 7.11 Å². The van der Waals surface area contributed by atoms with Crippen LogP contribution in [0.25, 0.3) is 11.0 Å². The Labute approximate surface area is 99.4 Å². The molecule has 2 rings (SSSR count). The van der Waals surface area contributed by atoms with Crippen LogP contribution in [0.15, 0.2) is 18.7 Å². The van der Waals surface area contributed by atoms with Gasteiger partial charge in [-0.25, -0.2) is 14.8 Å². The molecule has 0 spiro atoms. The second-order valence-corrected chi connectivity index (χ2v) is 4.49. The molecule has 0 amide bonds. The molecule has 2 heterocycles. The van der Waals surface area contributed by atoms with Gasteiger partial charge in [-0.05, 0) is 26.3 Å². The van der Waals surface area contributed by atoms with Crippen LogP contribution in [-0.2, 0) is 15.1 Å². The maximum atomic E-state index is 11.8. The van der Waals surface area contributed by atoms with E-state index in [-0.39, 0.29) is 5.97 Å². The molecule has 17 heavy (non-hydrogen) atoms. The number of carbonyl (C=O) groups is 1. The van der Waals surface area contributed by atoms with Gasteiger partial charge < -0.3 is 9.30 Å². The summed E-state index contributed by atoms with van der Waals surface area (Å²) in [7, 11) is 1.39. The van der Waals surface area contributed by atoms with Gasteiger partial charge in [-0.15, -0.1) is 0 Å². The maximum Gasteiger partial charge on any atom is 0.331 e. The average molecular weight is 233 g/mol. The van der Waals surface area contributed by atoms with Crippen LogP contribution in [0.5, 0.6) is 0 Å². The summed E-state index contributed by atoms with van der Waals surface area (Å²) in [6, 6.07) is 0. The molecule has 2 aromatic rings. The van der Waals surface area contributed by atoms with Crippen molar-refractivity contribution >= 4 is 17.0 Å². The first-order chi connectivity index (χ1) is 7.98. The third-order valence-electron chi connectivity index (χ3n) is 2.95. The normalized spacial score (nSPS) is 11.8. The second kappa shape index (κ2) is 3.84. The molecular formula is C12H15N3O2. The van der Waals surface area contributed by atoms with Crippen molar-refractivity contribution < 1.29 is 9.53 Å². The molecular weight excluding hydrogens is 218 g/mol. The first kappa shape index (κ1) is 11.6. The largest absolute Gasteiger partial charge is 0.467 e. The van der Waals surface area contributed by atoms with Gasteiger partial charge in [0.1, 0.15) is 17.5 Å². The molecule has 0 aromatic carbocycles. The Kier molecular flexibility index (Phi) is 2.61. The van der Waals surface area contributed by atoms with Gasteiger partial charge in [0.25, 0.3) is 0 Å². The molecule has 2 aromatic heterocycles. The van der Waals surface area contributed by atoms with E-state index in [1.165, 1.54) is 13.4 Å². The van der Waals surface area contributed by atoms with Crippen molar-refractivity contribution in [2.24, 2.45) is 0 Å². The number of methoxy groups -OCH3 is 1. The van der Waals surface area contributed by atoms with E-state index in [1.807, 2.05) is 17.7 Å². The van der Waals surface area contributed by atoms with Crippen LogP contribution in [0, 0.1) is 6.92 Å². The van der Waals surface area contributed by atoms with Gasteiger partial charge in [-0.1, -0.05) is 0 Å². The zero-order valence-electron chi connectivity index (χ0n) is 10.4.